The average Bonchev–Trinajstić information content (AvgIpc) is 2.61. The number of carboxylic acid groups (broad SMARTS) is 1. The molecule has 0 aliphatic carbocycles. The number of nitrogens with one attached hydrogen (secondary N) is 2. The number of carbonyl (C=O) groups is 2. The highest BCUT2D eigenvalue weighted by atomic mass is 16.5. The van der Waals surface area contributed by atoms with E-state index in [1.165, 1.54) is 0 Å². The normalized spacial score (nSPS) is 24.8. The minimum atomic E-state index is -0.919. The quantitative estimate of drug-likeness (QED) is 0.721. The lowest BCUT2D eigenvalue weighted by atomic mass is 9.85. The van der Waals surface area contributed by atoms with Gasteiger partial charge in [0.2, 0.25) is 0 Å². The maximum Gasteiger partial charge on any atom is 0.315 e. The molecule has 3 unspecified atom stereocenters. The van der Waals surface area contributed by atoms with E-state index < -0.39 is 12.0 Å². The van der Waals surface area contributed by atoms with Crippen molar-refractivity contribution in [1.82, 2.24) is 10.6 Å². The largest absolute Gasteiger partial charge is 0.481 e. The summed E-state index contributed by atoms with van der Waals surface area (Å²) in [5, 5.41) is 14.5. The Hall–Kier alpha value is -1.30. The molecule has 0 bridgehead atoms. The van der Waals surface area contributed by atoms with E-state index in [0.29, 0.717) is 6.61 Å². The summed E-state index contributed by atoms with van der Waals surface area (Å²) in [7, 11) is 0. The smallest absolute Gasteiger partial charge is 0.315 e. The molecule has 3 N–H and O–H groups in total. The van der Waals surface area contributed by atoms with Crippen LogP contribution >= 0.6 is 0 Å². The van der Waals surface area contributed by atoms with Crippen LogP contribution in [0.2, 0.25) is 0 Å². The molecule has 1 saturated heterocycles. The van der Waals surface area contributed by atoms with Gasteiger partial charge in [-0.3, -0.25) is 4.79 Å². The van der Waals surface area contributed by atoms with Crippen molar-refractivity contribution >= 4 is 12.0 Å². The summed E-state index contributed by atoms with van der Waals surface area (Å²) in [5.74, 6) is -0.919. The zero-order valence-corrected chi connectivity index (χ0v) is 12.0. The third-order valence-corrected chi connectivity index (χ3v) is 3.42. The molecule has 1 rings (SSSR count). The molecular formula is C13H24N2O4. The van der Waals surface area contributed by atoms with Crippen LogP contribution in [-0.2, 0) is 9.53 Å². The van der Waals surface area contributed by atoms with Gasteiger partial charge in [-0.1, -0.05) is 20.8 Å². The maximum atomic E-state index is 11.9. The van der Waals surface area contributed by atoms with Crippen LogP contribution in [0.4, 0.5) is 4.79 Å². The van der Waals surface area contributed by atoms with Crippen LogP contribution in [0.5, 0.6) is 0 Å². The molecule has 6 nitrogen and oxygen atoms in total. The SMILES string of the molecule is CC1OCCC1NC(=O)NC(CC(=O)O)C(C)(C)C. The summed E-state index contributed by atoms with van der Waals surface area (Å²) in [5.41, 5.74) is -0.312. The molecule has 0 saturated carbocycles. The lowest BCUT2D eigenvalue weighted by molar-refractivity contribution is -0.138. The molecule has 6 heteroatoms. The van der Waals surface area contributed by atoms with E-state index in [1.54, 1.807) is 0 Å². The van der Waals surface area contributed by atoms with Crippen LogP contribution in [0.1, 0.15) is 40.5 Å². The Morgan fingerprint density at radius 3 is 2.47 bits per heavy atom. The highest BCUT2D eigenvalue weighted by molar-refractivity contribution is 5.76. The molecule has 0 aromatic heterocycles. The fraction of sp³-hybridized carbons (Fsp3) is 0.846. The summed E-state index contributed by atoms with van der Waals surface area (Å²) in [6.07, 6.45) is 0.694. The Balaban J connectivity index is 2.53. The fourth-order valence-electron chi connectivity index (χ4n) is 2.04. The summed E-state index contributed by atoms with van der Waals surface area (Å²) in [4.78, 5) is 22.8. The number of aliphatic carboxylic acids is 1. The van der Waals surface area contributed by atoms with Crippen LogP contribution in [0, 0.1) is 5.41 Å². The Morgan fingerprint density at radius 1 is 1.42 bits per heavy atom. The molecule has 0 aromatic rings. The molecule has 1 aliphatic heterocycles. The van der Waals surface area contributed by atoms with Gasteiger partial charge < -0.3 is 20.5 Å². The van der Waals surface area contributed by atoms with Crippen molar-refractivity contribution in [3.8, 4) is 0 Å². The van der Waals surface area contributed by atoms with Crippen LogP contribution in [-0.4, -0.2) is 41.9 Å². The van der Waals surface area contributed by atoms with Crippen molar-refractivity contribution in [2.45, 2.75) is 58.7 Å². The minimum Gasteiger partial charge on any atom is -0.481 e. The fourth-order valence-corrected chi connectivity index (χ4v) is 2.04. The summed E-state index contributed by atoms with van der Waals surface area (Å²) < 4.78 is 5.37. The van der Waals surface area contributed by atoms with Gasteiger partial charge in [-0.05, 0) is 18.8 Å². The molecule has 0 radical (unpaired) electrons. The van der Waals surface area contributed by atoms with E-state index in [2.05, 4.69) is 10.6 Å². The van der Waals surface area contributed by atoms with E-state index in [1.807, 2.05) is 27.7 Å². The summed E-state index contributed by atoms with van der Waals surface area (Å²) >= 11 is 0. The lowest BCUT2D eigenvalue weighted by Crippen LogP contribution is -2.52. The predicted molar refractivity (Wildman–Crippen MR) is 71.0 cm³/mol. The van der Waals surface area contributed by atoms with Gasteiger partial charge in [0.1, 0.15) is 0 Å². The van der Waals surface area contributed by atoms with Gasteiger partial charge >= 0.3 is 12.0 Å². The van der Waals surface area contributed by atoms with Gasteiger partial charge in [0.15, 0.2) is 0 Å². The monoisotopic (exact) mass is 272 g/mol. The Kier molecular flexibility index (Phi) is 5.17. The number of hydrogen-bond donors (Lipinski definition) is 3. The predicted octanol–water partition coefficient (Wildman–Crippen LogP) is 1.35. The Labute approximate surface area is 113 Å². The third kappa shape index (κ3) is 5.06. The second-order valence-electron chi connectivity index (χ2n) is 6.11. The molecule has 0 aromatic carbocycles. The first-order valence-electron chi connectivity index (χ1n) is 6.60. The zero-order chi connectivity index (χ0) is 14.6. The molecule has 2 amide bonds. The summed E-state index contributed by atoms with van der Waals surface area (Å²) in [6.45, 7) is 8.27. The molecule has 3 atom stereocenters. The minimum absolute atomic E-state index is 0.00156. The van der Waals surface area contributed by atoms with Crippen molar-refractivity contribution in [3.63, 3.8) is 0 Å². The second-order valence-corrected chi connectivity index (χ2v) is 6.11. The van der Waals surface area contributed by atoms with Gasteiger partial charge in [-0.2, -0.15) is 0 Å². The van der Waals surface area contributed by atoms with Gasteiger partial charge in [-0.25, -0.2) is 4.79 Å². The first kappa shape index (κ1) is 15.8. The summed E-state index contributed by atoms with van der Waals surface area (Å²) in [6, 6.07) is -0.753. The maximum absolute atomic E-state index is 11.9. The van der Waals surface area contributed by atoms with Crippen molar-refractivity contribution < 1.29 is 19.4 Å². The molecule has 1 heterocycles. The van der Waals surface area contributed by atoms with Crippen LogP contribution in [0.15, 0.2) is 0 Å². The lowest BCUT2D eigenvalue weighted by Gasteiger charge is -2.31. The van der Waals surface area contributed by atoms with Crippen molar-refractivity contribution in [2.24, 2.45) is 5.41 Å². The van der Waals surface area contributed by atoms with E-state index in [-0.39, 0.29) is 30.0 Å². The first-order valence-corrected chi connectivity index (χ1v) is 6.60. The highest BCUT2D eigenvalue weighted by Gasteiger charge is 2.30. The van der Waals surface area contributed by atoms with Crippen molar-refractivity contribution in [1.29, 1.82) is 0 Å². The molecular weight excluding hydrogens is 248 g/mol. The Bertz CT molecular complexity index is 338. The van der Waals surface area contributed by atoms with Gasteiger partial charge in [0.25, 0.3) is 0 Å². The number of carbonyl (C=O) groups excluding carboxylic acids is 1. The van der Waals surface area contributed by atoms with Crippen LogP contribution < -0.4 is 10.6 Å². The van der Waals surface area contributed by atoms with Crippen LogP contribution in [0.25, 0.3) is 0 Å². The van der Waals surface area contributed by atoms with E-state index in [4.69, 9.17) is 9.84 Å². The number of ether oxygens (including phenoxy) is 1. The number of urea groups is 1. The average molecular weight is 272 g/mol. The topological polar surface area (TPSA) is 87.7 Å². The number of carboxylic acids is 1. The number of amides is 2. The van der Waals surface area contributed by atoms with Crippen LogP contribution in [0.3, 0.4) is 0 Å². The highest BCUT2D eigenvalue weighted by Crippen LogP contribution is 2.22. The van der Waals surface area contributed by atoms with Gasteiger partial charge in [0.05, 0.1) is 18.6 Å². The molecule has 1 fully saturated rings. The standard InChI is InChI=1S/C13H24N2O4/c1-8-9(5-6-19-8)14-12(18)15-10(7-11(16)17)13(2,3)4/h8-10H,5-7H2,1-4H3,(H,16,17)(H2,14,15,18). The second kappa shape index (κ2) is 6.23. The first-order chi connectivity index (χ1) is 8.70. The molecule has 0 spiro atoms. The molecule has 1 aliphatic rings. The number of hydrogen-bond acceptors (Lipinski definition) is 3. The third-order valence-electron chi connectivity index (χ3n) is 3.42. The Morgan fingerprint density at radius 2 is 2.05 bits per heavy atom. The molecule has 19 heavy (non-hydrogen) atoms. The molecule has 110 valence electrons. The number of rotatable bonds is 4. The van der Waals surface area contributed by atoms with Crippen molar-refractivity contribution in [3.05, 3.63) is 0 Å². The zero-order valence-electron chi connectivity index (χ0n) is 12.0. The van der Waals surface area contributed by atoms with E-state index in [0.717, 1.165) is 6.42 Å². The van der Waals surface area contributed by atoms with Crippen molar-refractivity contribution in [2.75, 3.05) is 6.61 Å². The van der Waals surface area contributed by atoms with Gasteiger partial charge in [-0.15, -0.1) is 0 Å². The van der Waals surface area contributed by atoms with E-state index >= 15 is 0 Å². The van der Waals surface area contributed by atoms with Gasteiger partial charge in [0, 0.05) is 12.6 Å². The van der Waals surface area contributed by atoms with E-state index in [9.17, 15) is 9.59 Å².